The summed E-state index contributed by atoms with van der Waals surface area (Å²) < 4.78 is 5.12. The Hall–Kier alpha value is -2.07. The fraction of sp³-hybridized carbons (Fsp3) is 0.235. The Morgan fingerprint density at radius 3 is 2.67 bits per heavy atom. The van der Waals surface area contributed by atoms with Gasteiger partial charge in [-0.3, -0.25) is 4.79 Å². The van der Waals surface area contributed by atoms with Crippen LogP contribution in [0.2, 0.25) is 0 Å². The first-order valence-electron chi connectivity index (χ1n) is 6.82. The number of hydrogen-bond donors (Lipinski definition) is 1. The van der Waals surface area contributed by atoms with Crippen molar-refractivity contribution in [3.63, 3.8) is 0 Å². The number of nitrogens with one attached hydrogen (secondary N) is 1. The van der Waals surface area contributed by atoms with E-state index < -0.39 is 0 Å². The summed E-state index contributed by atoms with van der Waals surface area (Å²) in [7, 11) is 1.65. The molecule has 0 aliphatic heterocycles. The molecule has 2 rings (SSSR count). The Labute approximate surface area is 129 Å². The van der Waals surface area contributed by atoms with E-state index >= 15 is 0 Å². The van der Waals surface area contributed by atoms with E-state index in [1.54, 1.807) is 18.4 Å². The minimum absolute atomic E-state index is 0.0167. The second kappa shape index (κ2) is 7.64. The number of amides is 1. The first-order chi connectivity index (χ1) is 10.2. The van der Waals surface area contributed by atoms with Crippen molar-refractivity contribution in [3.8, 4) is 5.75 Å². The van der Waals surface area contributed by atoms with Crippen molar-refractivity contribution >= 4 is 23.3 Å². The smallest absolute Gasteiger partial charge is 0.246 e. The maximum Gasteiger partial charge on any atom is 0.246 e. The van der Waals surface area contributed by atoms with Crippen LogP contribution in [-0.4, -0.2) is 19.6 Å². The van der Waals surface area contributed by atoms with E-state index in [1.807, 2.05) is 54.8 Å². The first kappa shape index (κ1) is 15.3. The van der Waals surface area contributed by atoms with Gasteiger partial charge in [-0.25, -0.2) is 0 Å². The van der Waals surface area contributed by atoms with Crippen LogP contribution in [0.5, 0.6) is 5.75 Å². The van der Waals surface area contributed by atoms with Crippen molar-refractivity contribution < 1.29 is 9.53 Å². The molecule has 0 aliphatic rings. The summed E-state index contributed by atoms with van der Waals surface area (Å²) in [5.74, 6) is 0.828. The number of thiophene rings is 1. The summed E-state index contributed by atoms with van der Waals surface area (Å²) in [5, 5.41) is 4.94. The lowest BCUT2D eigenvalue weighted by Gasteiger charge is -2.06. The van der Waals surface area contributed by atoms with Crippen molar-refractivity contribution in [2.75, 3.05) is 13.7 Å². The molecular formula is C17H19NO2S. The minimum Gasteiger partial charge on any atom is -0.497 e. The average Bonchev–Trinajstić information content (AvgIpc) is 3.00. The number of carbonyl (C=O) groups is 1. The molecule has 1 aromatic carbocycles. The molecule has 0 bridgehead atoms. The maximum absolute atomic E-state index is 12.0. The Morgan fingerprint density at radius 1 is 1.29 bits per heavy atom. The van der Waals surface area contributed by atoms with Crippen molar-refractivity contribution in [1.82, 2.24) is 5.32 Å². The molecule has 1 heterocycles. The third kappa shape index (κ3) is 4.76. The molecule has 0 spiro atoms. The molecule has 110 valence electrons. The lowest BCUT2D eigenvalue weighted by molar-refractivity contribution is -0.117. The number of rotatable bonds is 6. The lowest BCUT2D eigenvalue weighted by Crippen LogP contribution is -2.26. The molecule has 0 aliphatic carbocycles. The molecule has 0 unspecified atom stereocenters. The maximum atomic E-state index is 12.0. The van der Waals surface area contributed by atoms with E-state index in [4.69, 9.17) is 4.74 Å². The molecule has 0 saturated carbocycles. The van der Waals surface area contributed by atoms with Gasteiger partial charge in [0.25, 0.3) is 0 Å². The summed E-state index contributed by atoms with van der Waals surface area (Å²) in [5.41, 5.74) is 1.91. The standard InChI is InChI=1S/C17H19NO2S/c1-13(12-16-4-3-11-21-16)17(19)18-10-9-14-5-7-15(20-2)8-6-14/h3-8,11-12H,9-10H2,1-2H3,(H,18,19)/b13-12+. The van der Waals surface area contributed by atoms with E-state index in [2.05, 4.69) is 5.32 Å². The highest BCUT2D eigenvalue weighted by Crippen LogP contribution is 2.13. The summed E-state index contributed by atoms with van der Waals surface area (Å²) in [6.45, 7) is 2.46. The van der Waals surface area contributed by atoms with Crippen LogP contribution in [0.15, 0.2) is 47.4 Å². The summed E-state index contributed by atoms with van der Waals surface area (Å²) in [4.78, 5) is 13.1. The van der Waals surface area contributed by atoms with Gasteiger partial charge in [0.2, 0.25) is 5.91 Å². The van der Waals surface area contributed by atoms with Crippen LogP contribution in [0.4, 0.5) is 0 Å². The lowest BCUT2D eigenvalue weighted by atomic mass is 10.1. The second-order valence-electron chi connectivity index (χ2n) is 4.70. The van der Waals surface area contributed by atoms with Crippen LogP contribution in [0.25, 0.3) is 6.08 Å². The molecule has 1 aromatic heterocycles. The molecule has 1 N–H and O–H groups in total. The Bertz CT molecular complexity index is 600. The highest BCUT2D eigenvalue weighted by molar-refractivity contribution is 7.10. The molecule has 21 heavy (non-hydrogen) atoms. The highest BCUT2D eigenvalue weighted by atomic mass is 32.1. The number of ether oxygens (including phenoxy) is 1. The zero-order chi connectivity index (χ0) is 15.1. The van der Waals surface area contributed by atoms with Gasteiger partial charge in [0.1, 0.15) is 5.75 Å². The normalized spacial score (nSPS) is 11.2. The molecule has 3 nitrogen and oxygen atoms in total. The monoisotopic (exact) mass is 301 g/mol. The van der Waals surface area contributed by atoms with Crippen LogP contribution >= 0.6 is 11.3 Å². The molecule has 0 saturated heterocycles. The predicted molar refractivity (Wildman–Crippen MR) is 87.7 cm³/mol. The van der Waals surface area contributed by atoms with Gasteiger partial charge in [0.05, 0.1) is 7.11 Å². The predicted octanol–water partition coefficient (Wildman–Crippen LogP) is 3.52. The van der Waals surface area contributed by atoms with E-state index in [9.17, 15) is 4.79 Å². The number of hydrogen-bond acceptors (Lipinski definition) is 3. The molecule has 0 fully saturated rings. The summed E-state index contributed by atoms with van der Waals surface area (Å²) >= 11 is 1.62. The number of methoxy groups -OCH3 is 1. The van der Waals surface area contributed by atoms with Crippen molar-refractivity contribution in [2.24, 2.45) is 0 Å². The highest BCUT2D eigenvalue weighted by Gasteiger charge is 2.04. The quantitative estimate of drug-likeness (QED) is 0.829. The summed E-state index contributed by atoms with van der Waals surface area (Å²) in [6.07, 6.45) is 2.72. The average molecular weight is 301 g/mol. The van der Waals surface area contributed by atoms with Crippen LogP contribution in [-0.2, 0) is 11.2 Å². The molecule has 0 radical (unpaired) electrons. The molecule has 1 amide bonds. The van der Waals surface area contributed by atoms with Gasteiger partial charge in [-0.05, 0) is 48.6 Å². The van der Waals surface area contributed by atoms with Crippen molar-refractivity contribution in [3.05, 3.63) is 57.8 Å². The van der Waals surface area contributed by atoms with Crippen LogP contribution in [0.3, 0.4) is 0 Å². The molecule has 2 aromatic rings. The van der Waals surface area contributed by atoms with Gasteiger partial charge in [0, 0.05) is 17.0 Å². The van der Waals surface area contributed by atoms with E-state index in [0.717, 1.165) is 22.6 Å². The van der Waals surface area contributed by atoms with Gasteiger partial charge < -0.3 is 10.1 Å². The zero-order valence-electron chi connectivity index (χ0n) is 12.3. The molecular weight excluding hydrogens is 282 g/mol. The topological polar surface area (TPSA) is 38.3 Å². The van der Waals surface area contributed by atoms with Gasteiger partial charge in [0.15, 0.2) is 0 Å². The fourth-order valence-corrected chi connectivity index (χ4v) is 2.62. The Balaban J connectivity index is 1.81. The first-order valence-corrected chi connectivity index (χ1v) is 7.70. The van der Waals surface area contributed by atoms with Gasteiger partial charge in [-0.1, -0.05) is 18.2 Å². The zero-order valence-corrected chi connectivity index (χ0v) is 13.1. The Kier molecular flexibility index (Phi) is 5.58. The van der Waals surface area contributed by atoms with E-state index in [1.165, 1.54) is 5.56 Å². The molecule has 4 heteroatoms. The van der Waals surface area contributed by atoms with E-state index in [-0.39, 0.29) is 5.91 Å². The minimum atomic E-state index is -0.0167. The Morgan fingerprint density at radius 2 is 2.05 bits per heavy atom. The number of benzene rings is 1. The SMILES string of the molecule is COc1ccc(CCNC(=O)/C(C)=C/c2cccs2)cc1. The van der Waals surface area contributed by atoms with Crippen LogP contribution < -0.4 is 10.1 Å². The largest absolute Gasteiger partial charge is 0.497 e. The van der Waals surface area contributed by atoms with Gasteiger partial charge in [-0.15, -0.1) is 11.3 Å². The third-order valence-corrected chi connectivity index (χ3v) is 3.94. The van der Waals surface area contributed by atoms with Crippen LogP contribution in [0, 0.1) is 0 Å². The summed E-state index contributed by atoms with van der Waals surface area (Å²) in [6, 6.07) is 11.9. The number of carbonyl (C=O) groups excluding carboxylic acids is 1. The fourth-order valence-electron chi connectivity index (χ4n) is 1.90. The van der Waals surface area contributed by atoms with Crippen LogP contribution in [0.1, 0.15) is 17.4 Å². The van der Waals surface area contributed by atoms with E-state index in [0.29, 0.717) is 6.54 Å². The van der Waals surface area contributed by atoms with Crippen molar-refractivity contribution in [1.29, 1.82) is 0 Å². The van der Waals surface area contributed by atoms with Gasteiger partial charge >= 0.3 is 0 Å². The van der Waals surface area contributed by atoms with Gasteiger partial charge in [-0.2, -0.15) is 0 Å². The molecule has 0 atom stereocenters. The van der Waals surface area contributed by atoms with Crippen molar-refractivity contribution in [2.45, 2.75) is 13.3 Å². The second-order valence-corrected chi connectivity index (χ2v) is 5.68. The third-order valence-electron chi connectivity index (χ3n) is 3.12.